The van der Waals surface area contributed by atoms with E-state index in [-0.39, 0.29) is 10.7 Å². The zero-order valence-corrected chi connectivity index (χ0v) is 11.0. The Balaban J connectivity index is 3.15. The van der Waals surface area contributed by atoms with Crippen LogP contribution in [0.4, 0.5) is 5.82 Å². The van der Waals surface area contributed by atoms with E-state index in [9.17, 15) is 4.79 Å². The Bertz CT molecular complexity index is 409. The van der Waals surface area contributed by atoms with Gasteiger partial charge < -0.3 is 10.0 Å². The Morgan fingerprint density at radius 1 is 1.53 bits per heavy atom. The van der Waals surface area contributed by atoms with E-state index in [1.807, 2.05) is 11.8 Å². The van der Waals surface area contributed by atoms with E-state index in [1.165, 1.54) is 6.07 Å². The second-order valence-corrected chi connectivity index (χ2v) is 4.27. The van der Waals surface area contributed by atoms with Crippen molar-refractivity contribution in [1.82, 2.24) is 4.98 Å². The minimum absolute atomic E-state index is 0.168. The van der Waals surface area contributed by atoms with Crippen molar-refractivity contribution in [3.63, 3.8) is 0 Å². The molecule has 0 fully saturated rings. The number of aromatic nitrogens is 1. The molecule has 1 aromatic rings. The molecule has 0 bridgehead atoms. The van der Waals surface area contributed by atoms with Crippen LogP contribution in [0.5, 0.6) is 0 Å². The lowest BCUT2D eigenvalue weighted by Crippen LogP contribution is -2.33. The van der Waals surface area contributed by atoms with E-state index in [0.29, 0.717) is 11.9 Å². The van der Waals surface area contributed by atoms with Gasteiger partial charge in [0.15, 0.2) is 0 Å². The topological polar surface area (TPSA) is 53.4 Å². The van der Waals surface area contributed by atoms with Crippen molar-refractivity contribution in [2.45, 2.75) is 33.2 Å². The maximum atomic E-state index is 11.0. The Morgan fingerprint density at radius 2 is 2.18 bits per heavy atom. The maximum absolute atomic E-state index is 11.0. The van der Waals surface area contributed by atoms with Gasteiger partial charge in [0.05, 0.1) is 5.56 Å². The Hall–Kier alpha value is -1.29. The van der Waals surface area contributed by atoms with Crippen LogP contribution in [-0.2, 0) is 0 Å². The van der Waals surface area contributed by atoms with Gasteiger partial charge in [-0.1, -0.05) is 18.5 Å². The minimum Gasteiger partial charge on any atom is -0.478 e. The smallest absolute Gasteiger partial charge is 0.335 e. The lowest BCUT2D eigenvalue weighted by Gasteiger charge is -2.28. The summed E-state index contributed by atoms with van der Waals surface area (Å²) in [5, 5.41) is 9.19. The molecular weight excluding hydrogens is 240 g/mol. The molecule has 1 unspecified atom stereocenters. The molecule has 1 N–H and O–H groups in total. The molecular formula is C12H17ClN2O2. The molecule has 0 aromatic carbocycles. The molecule has 1 heterocycles. The van der Waals surface area contributed by atoms with Gasteiger partial charge in [0.1, 0.15) is 11.0 Å². The molecule has 94 valence electrons. The first-order chi connectivity index (χ1) is 7.99. The molecule has 5 heteroatoms. The third-order valence-corrected chi connectivity index (χ3v) is 2.98. The second kappa shape index (κ2) is 5.87. The Morgan fingerprint density at radius 3 is 2.65 bits per heavy atom. The maximum Gasteiger partial charge on any atom is 0.335 e. The molecule has 0 saturated heterocycles. The fourth-order valence-electron chi connectivity index (χ4n) is 1.67. The standard InChI is InChI=1S/C12H17ClN2O2/c1-4-8(3)15(5-2)11-7-9(12(16)17)6-10(13)14-11/h6-8H,4-5H2,1-3H3,(H,16,17). The molecule has 0 saturated carbocycles. The summed E-state index contributed by atoms with van der Waals surface area (Å²) < 4.78 is 0. The fraction of sp³-hybridized carbons (Fsp3) is 0.500. The van der Waals surface area contributed by atoms with Gasteiger partial charge in [-0.05, 0) is 32.4 Å². The number of pyridine rings is 1. The molecule has 17 heavy (non-hydrogen) atoms. The van der Waals surface area contributed by atoms with Crippen molar-refractivity contribution < 1.29 is 9.90 Å². The van der Waals surface area contributed by atoms with Crippen LogP contribution in [0.25, 0.3) is 0 Å². The van der Waals surface area contributed by atoms with Gasteiger partial charge in [0.25, 0.3) is 0 Å². The quantitative estimate of drug-likeness (QED) is 0.823. The van der Waals surface area contributed by atoms with Crippen molar-refractivity contribution in [3.8, 4) is 0 Å². The summed E-state index contributed by atoms with van der Waals surface area (Å²) in [5.41, 5.74) is 0.168. The van der Waals surface area contributed by atoms with Gasteiger partial charge in [0, 0.05) is 12.6 Å². The highest BCUT2D eigenvalue weighted by atomic mass is 35.5. The van der Waals surface area contributed by atoms with E-state index in [0.717, 1.165) is 13.0 Å². The molecule has 0 aliphatic carbocycles. The number of anilines is 1. The second-order valence-electron chi connectivity index (χ2n) is 3.89. The van der Waals surface area contributed by atoms with Gasteiger partial charge in [-0.25, -0.2) is 9.78 Å². The lowest BCUT2D eigenvalue weighted by atomic mass is 10.2. The monoisotopic (exact) mass is 256 g/mol. The number of carboxylic acid groups (broad SMARTS) is 1. The van der Waals surface area contributed by atoms with Gasteiger partial charge in [0.2, 0.25) is 0 Å². The molecule has 0 aliphatic heterocycles. The van der Waals surface area contributed by atoms with Crippen LogP contribution >= 0.6 is 11.6 Å². The third-order valence-electron chi connectivity index (χ3n) is 2.79. The predicted molar refractivity (Wildman–Crippen MR) is 69.0 cm³/mol. The molecule has 0 aliphatic rings. The number of hydrogen-bond donors (Lipinski definition) is 1. The zero-order valence-electron chi connectivity index (χ0n) is 10.3. The summed E-state index contributed by atoms with van der Waals surface area (Å²) in [7, 11) is 0. The van der Waals surface area contributed by atoms with E-state index < -0.39 is 5.97 Å². The first-order valence-electron chi connectivity index (χ1n) is 5.67. The van der Waals surface area contributed by atoms with E-state index in [2.05, 4.69) is 18.8 Å². The van der Waals surface area contributed by atoms with Crippen LogP contribution in [0.15, 0.2) is 12.1 Å². The molecule has 0 amide bonds. The Labute approximate surface area is 106 Å². The third kappa shape index (κ3) is 3.33. The Kier molecular flexibility index (Phi) is 4.75. The summed E-state index contributed by atoms with van der Waals surface area (Å²) in [6.07, 6.45) is 0.963. The summed E-state index contributed by atoms with van der Waals surface area (Å²) in [6.45, 7) is 6.93. The van der Waals surface area contributed by atoms with Crippen molar-refractivity contribution in [2.75, 3.05) is 11.4 Å². The van der Waals surface area contributed by atoms with E-state index in [1.54, 1.807) is 6.07 Å². The van der Waals surface area contributed by atoms with Gasteiger partial charge in [-0.2, -0.15) is 0 Å². The van der Waals surface area contributed by atoms with E-state index in [4.69, 9.17) is 16.7 Å². The summed E-state index contributed by atoms with van der Waals surface area (Å²) in [4.78, 5) is 17.2. The SMILES string of the molecule is CCC(C)N(CC)c1cc(C(=O)O)cc(Cl)n1. The summed E-state index contributed by atoms with van der Waals surface area (Å²) >= 11 is 5.84. The number of hydrogen-bond acceptors (Lipinski definition) is 3. The number of carbonyl (C=O) groups is 1. The number of aromatic carboxylic acids is 1. The van der Waals surface area contributed by atoms with Crippen molar-refractivity contribution >= 4 is 23.4 Å². The van der Waals surface area contributed by atoms with Gasteiger partial charge in [-0.3, -0.25) is 0 Å². The number of carboxylic acids is 1. The number of rotatable bonds is 5. The normalized spacial score (nSPS) is 12.2. The first kappa shape index (κ1) is 13.8. The zero-order chi connectivity index (χ0) is 13.0. The van der Waals surface area contributed by atoms with Crippen LogP contribution in [0.3, 0.4) is 0 Å². The largest absolute Gasteiger partial charge is 0.478 e. The highest BCUT2D eigenvalue weighted by Gasteiger charge is 2.15. The predicted octanol–water partition coefficient (Wildman–Crippen LogP) is 3.06. The highest BCUT2D eigenvalue weighted by Crippen LogP contribution is 2.21. The van der Waals surface area contributed by atoms with Crippen molar-refractivity contribution in [3.05, 3.63) is 22.8 Å². The van der Waals surface area contributed by atoms with Crippen LogP contribution < -0.4 is 4.90 Å². The molecule has 1 rings (SSSR count). The lowest BCUT2D eigenvalue weighted by molar-refractivity contribution is 0.0696. The number of nitrogens with zero attached hydrogens (tertiary/aromatic N) is 2. The van der Waals surface area contributed by atoms with Crippen LogP contribution in [-0.4, -0.2) is 28.6 Å². The minimum atomic E-state index is -0.990. The van der Waals surface area contributed by atoms with Crippen LogP contribution in [0.1, 0.15) is 37.6 Å². The first-order valence-corrected chi connectivity index (χ1v) is 6.04. The van der Waals surface area contributed by atoms with Gasteiger partial charge >= 0.3 is 5.97 Å². The van der Waals surface area contributed by atoms with Crippen LogP contribution in [0.2, 0.25) is 5.15 Å². The van der Waals surface area contributed by atoms with Crippen LogP contribution in [0, 0.1) is 0 Å². The summed E-state index contributed by atoms with van der Waals surface area (Å²) in [6, 6.07) is 3.22. The fourth-order valence-corrected chi connectivity index (χ4v) is 1.88. The molecule has 1 aromatic heterocycles. The van der Waals surface area contributed by atoms with Gasteiger partial charge in [-0.15, -0.1) is 0 Å². The average molecular weight is 257 g/mol. The van der Waals surface area contributed by atoms with Crippen molar-refractivity contribution in [1.29, 1.82) is 0 Å². The number of halogens is 1. The summed E-state index contributed by atoms with van der Waals surface area (Å²) in [5.74, 6) is -0.373. The molecule has 0 spiro atoms. The van der Waals surface area contributed by atoms with Crippen molar-refractivity contribution in [2.24, 2.45) is 0 Å². The molecule has 0 radical (unpaired) electrons. The van der Waals surface area contributed by atoms with E-state index >= 15 is 0 Å². The molecule has 1 atom stereocenters. The molecule has 4 nitrogen and oxygen atoms in total. The average Bonchev–Trinajstić information content (AvgIpc) is 2.28. The highest BCUT2D eigenvalue weighted by molar-refractivity contribution is 6.29.